The normalized spacial score (nSPS) is 14.3. The lowest BCUT2D eigenvalue weighted by Gasteiger charge is -2.28. The second-order valence-electron chi connectivity index (χ2n) is 5.44. The van der Waals surface area contributed by atoms with Gasteiger partial charge in [0.25, 0.3) is 5.91 Å². The number of benzene rings is 1. The molecule has 0 atom stereocenters. The van der Waals surface area contributed by atoms with Crippen LogP contribution in [0.25, 0.3) is 0 Å². The first kappa shape index (κ1) is 16.2. The number of carbonyl (C=O) groups is 1. The van der Waals surface area contributed by atoms with Gasteiger partial charge in [-0.1, -0.05) is 6.07 Å². The lowest BCUT2D eigenvalue weighted by molar-refractivity contribution is 0.102. The zero-order chi connectivity index (χ0) is 16.9. The van der Waals surface area contributed by atoms with Gasteiger partial charge >= 0.3 is 0 Å². The van der Waals surface area contributed by atoms with E-state index in [1.807, 2.05) is 12.1 Å². The van der Waals surface area contributed by atoms with Crippen molar-refractivity contribution in [1.29, 1.82) is 0 Å². The van der Waals surface area contributed by atoms with Crippen molar-refractivity contribution in [2.75, 3.05) is 43.6 Å². The molecule has 0 spiro atoms. The van der Waals surface area contributed by atoms with Crippen LogP contribution in [0.15, 0.2) is 30.3 Å². The lowest BCUT2D eigenvalue weighted by Crippen LogP contribution is -2.37. The van der Waals surface area contributed by atoms with Gasteiger partial charge in [-0.05, 0) is 19.1 Å². The average Bonchev–Trinajstić information content (AvgIpc) is 2.62. The number of morpholine rings is 1. The number of aromatic nitrogens is 2. The van der Waals surface area contributed by atoms with E-state index in [1.165, 1.54) is 0 Å². The summed E-state index contributed by atoms with van der Waals surface area (Å²) in [6.07, 6.45) is 0. The Kier molecular flexibility index (Phi) is 4.90. The minimum Gasteiger partial charge on any atom is -0.497 e. The molecule has 1 saturated heterocycles. The summed E-state index contributed by atoms with van der Waals surface area (Å²) >= 11 is 0. The van der Waals surface area contributed by atoms with Crippen LogP contribution < -0.4 is 15.0 Å². The van der Waals surface area contributed by atoms with Crippen LogP contribution in [0.4, 0.5) is 11.5 Å². The summed E-state index contributed by atoms with van der Waals surface area (Å²) in [5, 5.41) is 2.84. The monoisotopic (exact) mass is 328 g/mol. The topological polar surface area (TPSA) is 76.6 Å². The van der Waals surface area contributed by atoms with Crippen LogP contribution >= 0.6 is 0 Å². The number of nitrogens with one attached hydrogen (secondary N) is 1. The molecule has 1 aromatic carbocycles. The van der Waals surface area contributed by atoms with Crippen LogP contribution in [0, 0.1) is 6.92 Å². The predicted octanol–water partition coefficient (Wildman–Crippen LogP) is 1.88. The molecule has 0 aliphatic carbocycles. The third-order valence-corrected chi connectivity index (χ3v) is 3.72. The first-order valence-electron chi connectivity index (χ1n) is 7.79. The predicted molar refractivity (Wildman–Crippen MR) is 90.7 cm³/mol. The zero-order valence-electron chi connectivity index (χ0n) is 13.8. The van der Waals surface area contributed by atoms with E-state index in [-0.39, 0.29) is 5.91 Å². The van der Waals surface area contributed by atoms with Crippen molar-refractivity contribution in [3.63, 3.8) is 0 Å². The maximum atomic E-state index is 12.5. The molecule has 1 aromatic heterocycles. The van der Waals surface area contributed by atoms with E-state index in [0.29, 0.717) is 36.2 Å². The molecule has 0 bridgehead atoms. The Morgan fingerprint density at radius 2 is 2.04 bits per heavy atom. The molecule has 0 unspecified atom stereocenters. The Bertz CT molecular complexity index is 730. The molecule has 1 fully saturated rings. The largest absolute Gasteiger partial charge is 0.497 e. The fraction of sp³-hybridized carbons (Fsp3) is 0.353. The molecular weight excluding hydrogens is 308 g/mol. The summed E-state index contributed by atoms with van der Waals surface area (Å²) < 4.78 is 10.5. The highest BCUT2D eigenvalue weighted by Crippen LogP contribution is 2.19. The number of carbonyl (C=O) groups excluding carboxylic acids is 1. The van der Waals surface area contributed by atoms with Gasteiger partial charge in [-0.2, -0.15) is 0 Å². The maximum absolute atomic E-state index is 12.5. The minimum atomic E-state index is -0.275. The van der Waals surface area contributed by atoms with E-state index in [9.17, 15) is 4.79 Å². The quantitative estimate of drug-likeness (QED) is 0.923. The molecule has 126 valence electrons. The Morgan fingerprint density at radius 1 is 1.25 bits per heavy atom. The highest BCUT2D eigenvalue weighted by atomic mass is 16.5. The molecule has 1 aliphatic heterocycles. The van der Waals surface area contributed by atoms with Crippen LogP contribution in [0.5, 0.6) is 5.75 Å². The zero-order valence-corrected chi connectivity index (χ0v) is 13.8. The van der Waals surface area contributed by atoms with Gasteiger partial charge in [0, 0.05) is 30.9 Å². The van der Waals surface area contributed by atoms with Crippen molar-refractivity contribution in [2.24, 2.45) is 0 Å². The van der Waals surface area contributed by atoms with Crippen molar-refractivity contribution >= 4 is 17.4 Å². The van der Waals surface area contributed by atoms with E-state index in [4.69, 9.17) is 9.47 Å². The minimum absolute atomic E-state index is 0.275. The number of amides is 1. The Balaban J connectivity index is 1.79. The molecule has 3 rings (SSSR count). The van der Waals surface area contributed by atoms with E-state index in [2.05, 4.69) is 20.2 Å². The van der Waals surface area contributed by atoms with E-state index in [1.54, 1.807) is 32.2 Å². The number of ether oxygens (including phenoxy) is 2. The van der Waals surface area contributed by atoms with Gasteiger partial charge in [0.2, 0.25) is 0 Å². The number of hydrogen-bond donors (Lipinski definition) is 1. The fourth-order valence-electron chi connectivity index (χ4n) is 2.52. The summed E-state index contributed by atoms with van der Waals surface area (Å²) in [5.74, 6) is 1.72. The van der Waals surface area contributed by atoms with Crippen LogP contribution in [-0.4, -0.2) is 49.3 Å². The summed E-state index contributed by atoms with van der Waals surface area (Å²) in [4.78, 5) is 23.3. The van der Waals surface area contributed by atoms with Gasteiger partial charge in [0.15, 0.2) is 0 Å². The number of hydrogen-bond acceptors (Lipinski definition) is 6. The molecule has 1 aliphatic rings. The summed E-state index contributed by atoms with van der Waals surface area (Å²) in [5.41, 5.74) is 0.996. The highest BCUT2D eigenvalue weighted by molar-refractivity contribution is 6.03. The Morgan fingerprint density at radius 3 is 2.79 bits per heavy atom. The molecule has 1 amide bonds. The molecule has 7 nitrogen and oxygen atoms in total. The number of anilines is 2. The van der Waals surface area contributed by atoms with Crippen LogP contribution in [0.3, 0.4) is 0 Å². The second kappa shape index (κ2) is 7.27. The average molecular weight is 328 g/mol. The summed E-state index contributed by atoms with van der Waals surface area (Å²) in [6.45, 7) is 4.62. The highest BCUT2D eigenvalue weighted by Gasteiger charge is 2.17. The van der Waals surface area contributed by atoms with E-state index >= 15 is 0 Å². The van der Waals surface area contributed by atoms with E-state index < -0.39 is 0 Å². The fourth-order valence-corrected chi connectivity index (χ4v) is 2.52. The third kappa shape index (κ3) is 3.80. The molecule has 2 aromatic rings. The molecule has 0 saturated carbocycles. The molecule has 1 N–H and O–H groups in total. The summed E-state index contributed by atoms with van der Waals surface area (Å²) in [7, 11) is 1.59. The van der Waals surface area contributed by atoms with Gasteiger partial charge in [-0.3, -0.25) is 4.79 Å². The van der Waals surface area contributed by atoms with Crippen LogP contribution in [-0.2, 0) is 4.74 Å². The maximum Gasteiger partial charge on any atom is 0.274 e. The van der Waals surface area contributed by atoms with Crippen LogP contribution in [0.1, 0.15) is 16.3 Å². The number of aryl methyl sites for hydroxylation is 1. The second-order valence-corrected chi connectivity index (χ2v) is 5.44. The van der Waals surface area contributed by atoms with Crippen molar-refractivity contribution in [1.82, 2.24) is 9.97 Å². The lowest BCUT2D eigenvalue weighted by atomic mass is 10.2. The van der Waals surface area contributed by atoms with Crippen molar-refractivity contribution in [2.45, 2.75) is 6.92 Å². The molecule has 0 radical (unpaired) electrons. The van der Waals surface area contributed by atoms with Gasteiger partial charge in [0.05, 0.1) is 20.3 Å². The Hall–Kier alpha value is -2.67. The molecule has 2 heterocycles. The van der Waals surface area contributed by atoms with Gasteiger partial charge in [-0.15, -0.1) is 0 Å². The molecule has 7 heteroatoms. The SMILES string of the molecule is COc1cccc(NC(=O)c2cc(N3CCOCC3)nc(C)n2)c1. The van der Waals surface area contributed by atoms with Gasteiger partial charge in [-0.25, -0.2) is 9.97 Å². The Labute approximate surface area is 140 Å². The number of nitrogens with zero attached hydrogens (tertiary/aromatic N) is 3. The number of rotatable bonds is 4. The summed E-state index contributed by atoms with van der Waals surface area (Å²) in [6, 6.07) is 8.92. The van der Waals surface area contributed by atoms with Gasteiger partial charge < -0.3 is 19.7 Å². The van der Waals surface area contributed by atoms with Crippen LogP contribution in [0.2, 0.25) is 0 Å². The van der Waals surface area contributed by atoms with Crippen molar-refractivity contribution in [3.8, 4) is 5.75 Å². The molecule has 24 heavy (non-hydrogen) atoms. The standard InChI is InChI=1S/C17H20N4O3/c1-12-18-15(11-16(19-12)21-6-8-24-9-7-21)17(22)20-13-4-3-5-14(10-13)23-2/h3-5,10-11H,6-9H2,1-2H3,(H,20,22). The first-order valence-corrected chi connectivity index (χ1v) is 7.79. The molecular formula is C17H20N4O3. The number of methoxy groups -OCH3 is 1. The first-order chi connectivity index (χ1) is 11.7. The third-order valence-electron chi connectivity index (χ3n) is 3.72. The smallest absolute Gasteiger partial charge is 0.274 e. The van der Waals surface area contributed by atoms with Crippen molar-refractivity contribution in [3.05, 3.63) is 41.9 Å². The van der Waals surface area contributed by atoms with E-state index in [0.717, 1.165) is 18.9 Å². The van der Waals surface area contributed by atoms with Gasteiger partial charge in [0.1, 0.15) is 23.1 Å². The van der Waals surface area contributed by atoms with Crippen molar-refractivity contribution < 1.29 is 14.3 Å².